The fraction of sp³-hybridized carbons (Fsp3) is 0.250. The Morgan fingerprint density at radius 2 is 2.40 bits per heavy atom. The zero-order valence-corrected chi connectivity index (χ0v) is 9.28. The molecule has 0 saturated heterocycles. The van der Waals surface area contributed by atoms with E-state index in [4.69, 9.17) is 5.11 Å². The lowest BCUT2D eigenvalue weighted by molar-refractivity contribution is -0.562. The lowest BCUT2D eigenvalue weighted by Gasteiger charge is -2.05. The van der Waals surface area contributed by atoms with Crippen molar-refractivity contribution in [3.63, 3.8) is 0 Å². The first-order chi connectivity index (χ1) is 7.40. The van der Waals surface area contributed by atoms with Gasteiger partial charge in [-0.1, -0.05) is 12.1 Å². The molecule has 0 aromatic carbocycles. The minimum Gasteiger partial charge on any atom is -0.339 e. The molecule has 0 aliphatic carbocycles. The molecule has 0 fully saturated rings. The normalized spacial score (nSPS) is 16.6. The van der Waals surface area contributed by atoms with Crippen LogP contribution in [-0.2, 0) is 0 Å². The average Bonchev–Trinajstić information content (AvgIpc) is 2.79. The van der Waals surface area contributed by atoms with Crippen molar-refractivity contribution in [2.24, 2.45) is 0 Å². The summed E-state index contributed by atoms with van der Waals surface area (Å²) in [7, 11) is 0. The van der Waals surface area contributed by atoms with Crippen LogP contribution in [0.4, 0.5) is 0 Å². The second kappa shape index (κ2) is 5.05. The van der Waals surface area contributed by atoms with Crippen LogP contribution >= 0.6 is 11.3 Å². The molecule has 2 heterocycles. The molecule has 1 aromatic heterocycles. The Morgan fingerprint density at radius 1 is 1.47 bits per heavy atom. The van der Waals surface area contributed by atoms with Gasteiger partial charge in [-0.15, -0.1) is 11.3 Å². The molecule has 1 aromatic rings. The summed E-state index contributed by atoms with van der Waals surface area (Å²) in [5.41, 5.74) is 1.08. The molecule has 1 N–H and O–H groups in total. The number of aliphatic hydroxyl groups excluding tert-OH is 1. The van der Waals surface area contributed by atoms with Crippen LogP contribution in [-0.4, -0.2) is 28.7 Å². The summed E-state index contributed by atoms with van der Waals surface area (Å²) in [5, 5.41) is 11.2. The van der Waals surface area contributed by atoms with Crippen LogP contribution in [0.5, 0.6) is 0 Å². The van der Waals surface area contributed by atoms with E-state index in [-0.39, 0.29) is 6.73 Å². The van der Waals surface area contributed by atoms with Crippen molar-refractivity contribution < 1.29 is 9.68 Å². The first kappa shape index (κ1) is 10.3. The summed E-state index contributed by atoms with van der Waals surface area (Å²) in [6.45, 7) is 0.992. The van der Waals surface area contributed by atoms with Crippen molar-refractivity contribution in [2.45, 2.75) is 6.42 Å². The number of hydrogen-bond donors (Lipinski definition) is 1. The molecule has 0 spiro atoms. The van der Waals surface area contributed by atoms with E-state index in [2.05, 4.69) is 35.8 Å². The fourth-order valence-electron chi connectivity index (χ4n) is 1.54. The topological polar surface area (TPSA) is 23.2 Å². The van der Waals surface area contributed by atoms with Crippen molar-refractivity contribution in [3.8, 4) is 0 Å². The van der Waals surface area contributed by atoms with Gasteiger partial charge in [-0.25, -0.2) is 4.58 Å². The van der Waals surface area contributed by atoms with Gasteiger partial charge in [0, 0.05) is 23.5 Å². The molecule has 78 valence electrons. The first-order valence-electron chi connectivity index (χ1n) is 5.01. The van der Waals surface area contributed by atoms with Gasteiger partial charge in [-0.2, -0.15) is 0 Å². The zero-order chi connectivity index (χ0) is 10.5. The van der Waals surface area contributed by atoms with E-state index in [0.717, 1.165) is 18.7 Å². The van der Waals surface area contributed by atoms with Crippen molar-refractivity contribution >= 4 is 23.1 Å². The summed E-state index contributed by atoms with van der Waals surface area (Å²) in [5.74, 6) is 0. The highest BCUT2D eigenvalue weighted by molar-refractivity contribution is 7.10. The summed E-state index contributed by atoms with van der Waals surface area (Å²) < 4.78 is 1.96. The van der Waals surface area contributed by atoms with E-state index < -0.39 is 0 Å². The van der Waals surface area contributed by atoms with Crippen LogP contribution in [0.2, 0.25) is 0 Å². The highest BCUT2D eigenvalue weighted by Gasteiger charge is 2.10. The van der Waals surface area contributed by atoms with E-state index in [0.29, 0.717) is 0 Å². The highest BCUT2D eigenvalue weighted by Crippen LogP contribution is 2.10. The molecular weight excluding hydrogens is 206 g/mol. The largest absolute Gasteiger partial charge is 0.339 e. The van der Waals surface area contributed by atoms with Gasteiger partial charge in [0.1, 0.15) is 6.54 Å². The maximum Gasteiger partial charge on any atom is 0.245 e. The van der Waals surface area contributed by atoms with Crippen LogP contribution in [0.1, 0.15) is 11.3 Å². The molecule has 0 bridgehead atoms. The van der Waals surface area contributed by atoms with Crippen molar-refractivity contribution in [1.82, 2.24) is 0 Å². The Morgan fingerprint density at radius 3 is 3.13 bits per heavy atom. The van der Waals surface area contributed by atoms with Gasteiger partial charge in [0.2, 0.25) is 12.4 Å². The second-order valence-corrected chi connectivity index (χ2v) is 4.35. The van der Waals surface area contributed by atoms with E-state index in [1.165, 1.54) is 4.88 Å². The Kier molecular flexibility index (Phi) is 3.48. The number of hydrogen-bond acceptors (Lipinski definition) is 2. The summed E-state index contributed by atoms with van der Waals surface area (Å²) in [4.78, 5) is 1.24. The van der Waals surface area contributed by atoms with Gasteiger partial charge in [-0.3, -0.25) is 0 Å². The molecule has 2 rings (SSSR count). The molecule has 3 heteroatoms. The van der Waals surface area contributed by atoms with Crippen molar-refractivity contribution in [2.75, 3.05) is 13.3 Å². The molecule has 2 nitrogen and oxygen atoms in total. The number of allylic oxidation sites excluding steroid dienone is 2. The molecule has 0 saturated carbocycles. The summed E-state index contributed by atoms with van der Waals surface area (Å²) in [6, 6.07) is 4.12. The molecule has 1 aliphatic heterocycles. The molecular formula is C12H14NOS+. The van der Waals surface area contributed by atoms with Crippen LogP contribution in [0, 0.1) is 0 Å². The van der Waals surface area contributed by atoms with Crippen molar-refractivity contribution in [1.29, 1.82) is 0 Å². The van der Waals surface area contributed by atoms with Gasteiger partial charge in [0.15, 0.2) is 0 Å². The number of thiophene rings is 1. The smallest absolute Gasteiger partial charge is 0.245 e. The zero-order valence-electron chi connectivity index (χ0n) is 8.47. The Hall–Kier alpha value is -1.19. The molecule has 1 aliphatic rings. The number of aliphatic hydroxyl groups is 1. The van der Waals surface area contributed by atoms with Gasteiger partial charge < -0.3 is 5.11 Å². The van der Waals surface area contributed by atoms with Gasteiger partial charge in [0.25, 0.3) is 0 Å². The third-order valence-corrected chi connectivity index (χ3v) is 3.19. The Bertz CT molecular complexity index is 401. The Labute approximate surface area is 93.5 Å². The van der Waals surface area contributed by atoms with E-state index in [9.17, 15) is 0 Å². The fourth-order valence-corrected chi connectivity index (χ4v) is 2.15. The predicted octanol–water partition coefficient (Wildman–Crippen LogP) is 2.12. The molecule has 15 heavy (non-hydrogen) atoms. The maximum absolute atomic E-state index is 9.16. The predicted molar refractivity (Wildman–Crippen MR) is 64.3 cm³/mol. The second-order valence-electron chi connectivity index (χ2n) is 3.37. The van der Waals surface area contributed by atoms with E-state index >= 15 is 0 Å². The monoisotopic (exact) mass is 220 g/mol. The average molecular weight is 220 g/mol. The first-order valence-corrected chi connectivity index (χ1v) is 5.89. The van der Waals surface area contributed by atoms with Crippen LogP contribution < -0.4 is 0 Å². The number of nitrogens with zero attached hydrogens (tertiary/aromatic N) is 1. The SMILES string of the molecule is OC[N+]1=C(/C=C/c2cccs2)C=CCC1. The lowest BCUT2D eigenvalue weighted by atomic mass is 10.2. The molecule has 0 unspecified atom stereocenters. The Balaban J connectivity index is 2.16. The van der Waals surface area contributed by atoms with Crippen LogP contribution in [0.3, 0.4) is 0 Å². The van der Waals surface area contributed by atoms with Gasteiger partial charge >= 0.3 is 0 Å². The molecule has 0 atom stereocenters. The highest BCUT2D eigenvalue weighted by atomic mass is 32.1. The van der Waals surface area contributed by atoms with E-state index in [1.54, 1.807) is 11.3 Å². The van der Waals surface area contributed by atoms with Gasteiger partial charge in [0.05, 0.1) is 0 Å². The minimum absolute atomic E-state index is 0.0917. The molecule has 0 amide bonds. The lowest BCUT2D eigenvalue weighted by Crippen LogP contribution is -2.23. The maximum atomic E-state index is 9.16. The molecule has 0 radical (unpaired) electrons. The van der Waals surface area contributed by atoms with Gasteiger partial charge in [-0.05, 0) is 17.5 Å². The summed E-state index contributed by atoms with van der Waals surface area (Å²) >= 11 is 1.72. The number of rotatable bonds is 3. The van der Waals surface area contributed by atoms with Crippen molar-refractivity contribution in [3.05, 3.63) is 40.6 Å². The van der Waals surface area contributed by atoms with Crippen LogP contribution in [0.25, 0.3) is 6.08 Å². The standard InChI is InChI=1S/C12H14NOS/c14-10-13-8-2-1-4-11(13)6-7-12-5-3-9-15-12/h1,3-7,9,14H,2,8,10H2/q+1/b7-6+. The van der Waals surface area contributed by atoms with E-state index in [1.807, 2.05) is 10.6 Å². The summed E-state index contributed by atoms with van der Waals surface area (Å²) in [6.07, 6.45) is 9.34. The quantitative estimate of drug-likeness (QED) is 0.775. The third-order valence-electron chi connectivity index (χ3n) is 2.35. The van der Waals surface area contributed by atoms with Crippen LogP contribution in [0.15, 0.2) is 35.7 Å². The minimum atomic E-state index is 0.0917. The third kappa shape index (κ3) is 2.64.